The molecule has 0 saturated carbocycles. The van der Waals surface area contributed by atoms with Gasteiger partial charge in [-0.3, -0.25) is 4.90 Å². The van der Waals surface area contributed by atoms with E-state index in [0.29, 0.717) is 5.37 Å². The number of piperazine rings is 1. The van der Waals surface area contributed by atoms with Crippen molar-refractivity contribution in [3.05, 3.63) is 23.8 Å². The molecule has 0 aromatic heterocycles. The second kappa shape index (κ2) is 5.76. The lowest BCUT2D eigenvalue weighted by Gasteiger charge is -2.32. The number of ether oxygens (including phenoxy) is 1. The first-order valence-electron chi connectivity index (χ1n) is 5.93. The van der Waals surface area contributed by atoms with E-state index in [1.54, 1.807) is 7.11 Å². The van der Waals surface area contributed by atoms with Gasteiger partial charge in [0.1, 0.15) is 5.75 Å². The molecule has 17 heavy (non-hydrogen) atoms. The van der Waals surface area contributed by atoms with E-state index >= 15 is 0 Å². The molecule has 1 fully saturated rings. The predicted molar refractivity (Wildman–Crippen MR) is 72.9 cm³/mol. The van der Waals surface area contributed by atoms with Gasteiger partial charge in [-0.05, 0) is 31.7 Å². The van der Waals surface area contributed by atoms with Crippen molar-refractivity contribution in [2.45, 2.75) is 17.2 Å². The third-order valence-corrected chi connectivity index (χ3v) is 4.41. The van der Waals surface area contributed by atoms with Gasteiger partial charge in [0.05, 0.1) is 17.4 Å². The van der Waals surface area contributed by atoms with Crippen LogP contribution in [0.15, 0.2) is 23.1 Å². The summed E-state index contributed by atoms with van der Waals surface area (Å²) in [6.07, 6.45) is 0. The standard InChI is InChI=1S/C13H20N2OS/c1-10-4-5-11(16-3)12(8-10)17-13-9-14-6-7-15(13)2/h4-5,8,13-14H,6-7,9H2,1-3H3. The van der Waals surface area contributed by atoms with Crippen molar-refractivity contribution in [2.24, 2.45) is 0 Å². The third-order valence-electron chi connectivity index (χ3n) is 3.03. The van der Waals surface area contributed by atoms with E-state index in [-0.39, 0.29) is 0 Å². The largest absolute Gasteiger partial charge is 0.496 e. The second-order valence-corrected chi connectivity index (χ2v) is 5.63. The maximum Gasteiger partial charge on any atom is 0.132 e. The molecule has 1 atom stereocenters. The fourth-order valence-electron chi connectivity index (χ4n) is 1.93. The van der Waals surface area contributed by atoms with Crippen LogP contribution in [-0.4, -0.2) is 44.1 Å². The highest BCUT2D eigenvalue weighted by atomic mass is 32.2. The van der Waals surface area contributed by atoms with Gasteiger partial charge < -0.3 is 10.1 Å². The van der Waals surface area contributed by atoms with Gasteiger partial charge in [0, 0.05) is 19.6 Å². The quantitative estimate of drug-likeness (QED) is 0.889. The number of thioether (sulfide) groups is 1. The molecule has 1 heterocycles. The molecule has 1 aromatic rings. The molecule has 0 amide bonds. The molecule has 0 bridgehead atoms. The van der Waals surface area contributed by atoms with Gasteiger partial charge >= 0.3 is 0 Å². The molecule has 4 heteroatoms. The summed E-state index contributed by atoms with van der Waals surface area (Å²) in [5.74, 6) is 0.972. The monoisotopic (exact) mass is 252 g/mol. The number of hydrogen-bond acceptors (Lipinski definition) is 4. The van der Waals surface area contributed by atoms with Gasteiger partial charge in [-0.1, -0.05) is 6.07 Å². The van der Waals surface area contributed by atoms with Gasteiger partial charge in [-0.25, -0.2) is 0 Å². The Morgan fingerprint density at radius 2 is 2.29 bits per heavy atom. The molecule has 1 unspecified atom stereocenters. The van der Waals surface area contributed by atoms with Gasteiger partial charge in [-0.15, -0.1) is 11.8 Å². The van der Waals surface area contributed by atoms with Crippen molar-refractivity contribution >= 4 is 11.8 Å². The highest BCUT2D eigenvalue weighted by Crippen LogP contribution is 2.34. The molecule has 2 rings (SSSR count). The van der Waals surface area contributed by atoms with E-state index in [9.17, 15) is 0 Å². The summed E-state index contributed by atoms with van der Waals surface area (Å²) >= 11 is 1.88. The lowest BCUT2D eigenvalue weighted by atomic mass is 10.2. The summed E-state index contributed by atoms with van der Waals surface area (Å²) in [5, 5.41) is 3.92. The number of nitrogens with zero attached hydrogens (tertiary/aromatic N) is 1. The lowest BCUT2D eigenvalue weighted by Crippen LogP contribution is -2.47. The summed E-state index contributed by atoms with van der Waals surface area (Å²) in [5.41, 5.74) is 1.28. The number of nitrogens with one attached hydrogen (secondary N) is 1. The molecule has 3 nitrogen and oxygen atoms in total. The van der Waals surface area contributed by atoms with E-state index in [2.05, 4.69) is 36.3 Å². The maximum atomic E-state index is 5.42. The summed E-state index contributed by atoms with van der Waals surface area (Å²) in [7, 11) is 3.92. The molecule has 1 aliphatic heterocycles. The topological polar surface area (TPSA) is 24.5 Å². The molecule has 94 valence electrons. The zero-order valence-electron chi connectivity index (χ0n) is 10.7. The Kier molecular flexibility index (Phi) is 4.31. The number of methoxy groups -OCH3 is 1. The van der Waals surface area contributed by atoms with Gasteiger partial charge in [-0.2, -0.15) is 0 Å². The molecule has 1 aliphatic rings. The number of benzene rings is 1. The molecular weight excluding hydrogens is 232 g/mol. The highest BCUT2D eigenvalue weighted by molar-refractivity contribution is 8.00. The Labute approximate surface area is 108 Å². The van der Waals surface area contributed by atoms with Crippen molar-refractivity contribution in [2.75, 3.05) is 33.8 Å². The van der Waals surface area contributed by atoms with E-state index in [1.165, 1.54) is 10.5 Å². The lowest BCUT2D eigenvalue weighted by molar-refractivity contribution is 0.266. The average molecular weight is 252 g/mol. The minimum atomic E-state index is 0.486. The van der Waals surface area contributed by atoms with Crippen molar-refractivity contribution in [3.8, 4) is 5.75 Å². The Morgan fingerprint density at radius 1 is 1.47 bits per heavy atom. The Morgan fingerprint density at radius 3 is 3.00 bits per heavy atom. The average Bonchev–Trinajstić information content (AvgIpc) is 2.32. The highest BCUT2D eigenvalue weighted by Gasteiger charge is 2.20. The SMILES string of the molecule is COc1ccc(C)cc1SC1CNCCN1C. The van der Waals surface area contributed by atoms with Crippen molar-refractivity contribution < 1.29 is 4.74 Å². The van der Waals surface area contributed by atoms with E-state index < -0.39 is 0 Å². The summed E-state index contributed by atoms with van der Waals surface area (Å²) in [6.45, 7) is 5.33. The van der Waals surface area contributed by atoms with Crippen molar-refractivity contribution in [1.82, 2.24) is 10.2 Å². The first-order valence-corrected chi connectivity index (χ1v) is 6.81. The Balaban J connectivity index is 2.13. The van der Waals surface area contributed by atoms with Crippen LogP contribution in [0.25, 0.3) is 0 Å². The minimum Gasteiger partial charge on any atom is -0.496 e. The zero-order valence-corrected chi connectivity index (χ0v) is 11.5. The molecule has 0 radical (unpaired) electrons. The smallest absolute Gasteiger partial charge is 0.132 e. The Bertz CT molecular complexity index is 384. The van der Waals surface area contributed by atoms with Crippen LogP contribution in [0.3, 0.4) is 0 Å². The van der Waals surface area contributed by atoms with E-state index in [4.69, 9.17) is 4.74 Å². The Hall–Kier alpha value is -0.710. The zero-order chi connectivity index (χ0) is 12.3. The first-order chi connectivity index (χ1) is 8.20. The number of hydrogen-bond donors (Lipinski definition) is 1. The predicted octanol–water partition coefficient (Wildman–Crippen LogP) is 1.96. The van der Waals surface area contributed by atoms with Crippen molar-refractivity contribution in [1.29, 1.82) is 0 Å². The molecular formula is C13H20N2OS. The molecule has 1 N–H and O–H groups in total. The van der Waals surface area contributed by atoms with Gasteiger partial charge in [0.25, 0.3) is 0 Å². The van der Waals surface area contributed by atoms with Gasteiger partial charge in [0.15, 0.2) is 0 Å². The molecule has 1 aromatic carbocycles. The first kappa shape index (κ1) is 12.7. The van der Waals surface area contributed by atoms with Crippen molar-refractivity contribution in [3.63, 3.8) is 0 Å². The van der Waals surface area contributed by atoms with Crippen LogP contribution in [0.5, 0.6) is 5.75 Å². The van der Waals surface area contributed by atoms with Crippen LogP contribution < -0.4 is 10.1 Å². The third kappa shape index (κ3) is 3.15. The fourth-order valence-corrected chi connectivity index (χ4v) is 3.24. The van der Waals surface area contributed by atoms with E-state index in [0.717, 1.165) is 25.4 Å². The molecule has 1 saturated heterocycles. The number of likely N-dealkylation sites (N-methyl/N-ethyl adjacent to an activating group) is 1. The molecule has 0 aliphatic carbocycles. The van der Waals surface area contributed by atoms with Crippen LogP contribution in [0, 0.1) is 6.92 Å². The van der Waals surface area contributed by atoms with E-state index in [1.807, 2.05) is 17.8 Å². The summed E-state index contributed by atoms with van der Waals surface area (Å²) in [6, 6.07) is 6.34. The van der Waals surface area contributed by atoms with Crippen LogP contribution >= 0.6 is 11.8 Å². The van der Waals surface area contributed by atoms with Crippen LogP contribution in [0.1, 0.15) is 5.56 Å². The summed E-state index contributed by atoms with van der Waals surface area (Å²) < 4.78 is 5.42. The van der Waals surface area contributed by atoms with Crippen LogP contribution in [-0.2, 0) is 0 Å². The van der Waals surface area contributed by atoms with Crippen LogP contribution in [0.2, 0.25) is 0 Å². The minimum absolute atomic E-state index is 0.486. The fraction of sp³-hybridized carbons (Fsp3) is 0.538. The number of rotatable bonds is 3. The summed E-state index contributed by atoms with van der Waals surface area (Å²) in [4.78, 5) is 3.62. The molecule has 0 spiro atoms. The maximum absolute atomic E-state index is 5.42. The second-order valence-electron chi connectivity index (χ2n) is 4.41. The van der Waals surface area contributed by atoms with Gasteiger partial charge in [0.2, 0.25) is 0 Å². The van der Waals surface area contributed by atoms with Crippen LogP contribution in [0.4, 0.5) is 0 Å². The normalized spacial score (nSPS) is 21.5. The number of aryl methyl sites for hydroxylation is 1.